The Kier molecular flexibility index (Phi) is 6.25. The number of hydrazine groups is 1. The first-order chi connectivity index (χ1) is 10.7. The molecule has 5 nitrogen and oxygen atoms in total. The largest absolute Gasteiger partial charge is 0.494 e. The second-order valence-electron chi connectivity index (χ2n) is 5.65. The molecule has 0 spiro atoms. The molecule has 0 unspecified atom stereocenters. The summed E-state index contributed by atoms with van der Waals surface area (Å²) in [4.78, 5) is 24.0. The van der Waals surface area contributed by atoms with Crippen LogP contribution >= 0.6 is 0 Å². The van der Waals surface area contributed by atoms with E-state index in [9.17, 15) is 9.59 Å². The standard InChI is InChI=1S/C17H24N2O3/c1-2-12-22-15-10-8-14(9-11-15)17(21)19-18-16(20)13-6-4-3-5-7-13/h8-11,13H,2-7,12H2,1H3,(H,18,20)(H,19,21). The molecular weight excluding hydrogens is 280 g/mol. The Labute approximate surface area is 131 Å². The van der Waals surface area contributed by atoms with E-state index in [4.69, 9.17) is 4.74 Å². The van der Waals surface area contributed by atoms with E-state index in [1.165, 1.54) is 6.42 Å². The minimum absolute atomic E-state index is 0.0267. The number of carbonyl (C=O) groups excluding carboxylic acids is 2. The van der Waals surface area contributed by atoms with Gasteiger partial charge in [0.05, 0.1) is 6.61 Å². The fourth-order valence-electron chi connectivity index (χ4n) is 2.58. The van der Waals surface area contributed by atoms with E-state index < -0.39 is 0 Å². The third kappa shape index (κ3) is 4.76. The summed E-state index contributed by atoms with van der Waals surface area (Å²) < 4.78 is 5.47. The molecule has 1 aromatic rings. The highest BCUT2D eigenvalue weighted by Gasteiger charge is 2.21. The lowest BCUT2D eigenvalue weighted by atomic mass is 9.89. The lowest BCUT2D eigenvalue weighted by Crippen LogP contribution is -2.44. The van der Waals surface area contributed by atoms with Gasteiger partial charge in [-0.2, -0.15) is 0 Å². The fraction of sp³-hybridized carbons (Fsp3) is 0.529. The normalized spacial score (nSPS) is 15.1. The molecule has 2 amide bonds. The van der Waals surface area contributed by atoms with Gasteiger partial charge < -0.3 is 4.74 Å². The first-order valence-electron chi connectivity index (χ1n) is 8.03. The molecule has 0 radical (unpaired) electrons. The number of ether oxygens (including phenoxy) is 1. The van der Waals surface area contributed by atoms with Crippen molar-refractivity contribution in [3.8, 4) is 5.75 Å². The SMILES string of the molecule is CCCOc1ccc(C(=O)NNC(=O)C2CCCCC2)cc1. The summed E-state index contributed by atoms with van der Waals surface area (Å²) in [5.41, 5.74) is 5.50. The summed E-state index contributed by atoms with van der Waals surface area (Å²) in [6.07, 6.45) is 6.13. The third-order valence-electron chi connectivity index (χ3n) is 3.86. The van der Waals surface area contributed by atoms with Crippen LogP contribution < -0.4 is 15.6 Å². The number of amides is 2. The van der Waals surface area contributed by atoms with Crippen molar-refractivity contribution in [3.63, 3.8) is 0 Å². The van der Waals surface area contributed by atoms with Crippen LogP contribution in [0.1, 0.15) is 55.8 Å². The summed E-state index contributed by atoms with van der Waals surface area (Å²) in [6.45, 7) is 2.69. The summed E-state index contributed by atoms with van der Waals surface area (Å²) in [6, 6.07) is 6.89. The Morgan fingerprint density at radius 3 is 2.41 bits per heavy atom. The summed E-state index contributed by atoms with van der Waals surface area (Å²) in [7, 11) is 0. The number of hydrogen-bond donors (Lipinski definition) is 2. The fourth-order valence-corrected chi connectivity index (χ4v) is 2.58. The average molecular weight is 304 g/mol. The van der Waals surface area contributed by atoms with Crippen LogP contribution in [-0.4, -0.2) is 18.4 Å². The number of hydrogen-bond acceptors (Lipinski definition) is 3. The van der Waals surface area contributed by atoms with E-state index in [0.29, 0.717) is 12.2 Å². The third-order valence-corrected chi connectivity index (χ3v) is 3.86. The molecule has 1 aliphatic carbocycles. The quantitative estimate of drug-likeness (QED) is 0.822. The summed E-state index contributed by atoms with van der Waals surface area (Å²) in [5.74, 6) is 0.366. The average Bonchev–Trinajstić information content (AvgIpc) is 2.58. The van der Waals surface area contributed by atoms with Crippen LogP contribution in [0.2, 0.25) is 0 Å². The van der Waals surface area contributed by atoms with Crippen molar-refractivity contribution in [2.24, 2.45) is 5.92 Å². The van der Waals surface area contributed by atoms with Gasteiger partial charge in [0, 0.05) is 11.5 Å². The predicted octanol–water partition coefficient (Wildman–Crippen LogP) is 2.82. The molecule has 0 heterocycles. The Morgan fingerprint density at radius 1 is 1.09 bits per heavy atom. The number of benzene rings is 1. The molecule has 1 saturated carbocycles. The molecule has 2 N–H and O–H groups in total. The Hall–Kier alpha value is -2.04. The van der Waals surface area contributed by atoms with Crippen molar-refractivity contribution in [3.05, 3.63) is 29.8 Å². The van der Waals surface area contributed by atoms with Crippen molar-refractivity contribution in [2.45, 2.75) is 45.4 Å². The monoisotopic (exact) mass is 304 g/mol. The van der Waals surface area contributed by atoms with Gasteiger partial charge >= 0.3 is 0 Å². The lowest BCUT2D eigenvalue weighted by Gasteiger charge is -2.20. The van der Waals surface area contributed by atoms with E-state index in [0.717, 1.165) is 37.9 Å². The molecule has 1 aliphatic rings. The Morgan fingerprint density at radius 2 is 1.77 bits per heavy atom. The first-order valence-corrected chi connectivity index (χ1v) is 8.03. The van der Waals surface area contributed by atoms with Crippen LogP contribution in [0.3, 0.4) is 0 Å². The van der Waals surface area contributed by atoms with Gasteiger partial charge in [0.25, 0.3) is 5.91 Å². The Bertz CT molecular complexity index is 493. The topological polar surface area (TPSA) is 67.4 Å². The van der Waals surface area contributed by atoms with E-state index >= 15 is 0 Å². The minimum Gasteiger partial charge on any atom is -0.494 e. The van der Waals surface area contributed by atoms with Gasteiger partial charge in [-0.05, 0) is 43.5 Å². The van der Waals surface area contributed by atoms with Crippen LogP contribution in [0.4, 0.5) is 0 Å². The van der Waals surface area contributed by atoms with Gasteiger partial charge in [0.1, 0.15) is 5.75 Å². The maximum absolute atomic E-state index is 12.0. The number of rotatable bonds is 5. The minimum atomic E-state index is -0.314. The van der Waals surface area contributed by atoms with Crippen LogP contribution in [0.5, 0.6) is 5.75 Å². The first kappa shape index (κ1) is 16.3. The van der Waals surface area contributed by atoms with Gasteiger partial charge in [0.15, 0.2) is 0 Å². The van der Waals surface area contributed by atoms with Crippen LogP contribution in [0.15, 0.2) is 24.3 Å². The van der Waals surface area contributed by atoms with Crippen LogP contribution in [-0.2, 0) is 4.79 Å². The van der Waals surface area contributed by atoms with Gasteiger partial charge in [-0.25, -0.2) is 0 Å². The maximum Gasteiger partial charge on any atom is 0.269 e. The number of nitrogens with one attached hydrogen (secondary N) is 2. The highest BCUT2D eigenvalue weighted by atomic mass is 16.5. The van der Waals surface area contributed by atoms with Crippen LogP contribution in [0, 0.1) is 5.92 Å². The lowest BCUT2D eigenvalue weighted by molar-refractivity contribution is -0.126. The zero-order chi connectivity index (χ0) is 15.8. The summed E-state index contributed by atoms with van der Waals surface area (Å²) >= 11 is 0. The Balaban J connectivity index is 1.80. The van der Waals surface area contributed by atoms with Gasteiger partial charge in [-0.15, -0.1) is 0 Å². The molecule has 0 aromatic heterocycles. The highest BCUT2D eigenvalue weighted by molar-refractivity contribution is 5.95. The van der Waals surface area contributed by atoms with Gasteiger partial charge in [-0.3, -0.25) is 20.4 Å². The second-order valence-corrected chi connectivity index (χ2v) is 5.65. The van der Waals surface area contributed by atoms with Gasteiger partial charge in [0.2, 0.25) is 5.91 Å². The molecular formula is C17H24N2O3. The molecule has 5 heteroatoms. The molecule has 0 bridgehead atoms. The van der Waals surface area contributed by atoms with E-state index in [2.05, 4.69) is 10.9 Å². The highest BCUT2D eigenvalue weighted by Crippen LogP contribution is 2.23. The molecule has 0 atom stereocenters. The maximum atomic E-state index is 12.0. The van der Waals surface area contributed by atoms with E-state index in [1.54, 1.807) is 24.3 Å². The predicted molar refractivity (Wildman–Crippen MR) is 84.4 cm³/mol. The zero-order valence-corrected chi connectivity index (χ0v) is 13.1. The van der Waals surface area contributed by atoms with Crippen molar-refractivity contribution in [1.82, 2.24) is 10.9 Å². The summed E-state index contributed by atoms with van der Waals surface area (Å²) in [5, 5.41) is 0. The number of carbonyl (C=O) groups is 2. The smallest absolute Gasteiger partial charge is 0.269 e. The molecule has 0 saturated heterocycles. The molecule has 1 fully saturated rings. The molecule has 1 aromatic carbocycles. The van der Waals surface area contributed by atoms with E-state index in [1.807, 2.05) is 6.92 Å². The van der Waals surface area contributed by atoms with Crippen molar-refractivity contribution in [2.75, 3.05) is 6.61 Å². The molecule has 2 rings (SSSR count). The van der Waals surface area contributed by atoms with Crippen LogP contribution in [0.25, 0.3) is 0 Å². The zero-order valence-electron chi connectivity index (χ0n) is 13.1. The van der Waals surface area contributed by atoms with Crippen molar-refractivity contribution in [1.29, 1.82) is 0 Å². The molecule has 22 heavy (non-hydrogen) atoms. The molecule has 0 aliphatic heterocycles. The van der Waals surface area contributed by atoms with Crippen molar-refractivity contribution < 1.29 is 14.3 Å². The van der Waals surface area contributed by atoms with Gasteiger partial charge in [-0.1, -0.05) is 26.2 Å². The second kappa shape index (κ2) is 8.41. The van der Waals surface area contributed by atoms with Crippen molar-refractivity contribution >= 4 is 11.8 Å². The van der Waals surface area contributed by atoms with E-state index in [-0.39, 0.29) is 17.7 Å². The molecule has 120 valence electrons.